The molecular formula is C26H33F5. The van der Waals surface area contributed by atoms with Gasteiger partial charge in [-0.15, -0.1) is 0 Å². The maximum absolute atomic E-state index is 14.6. The van der Waals surface area contributed by atoms with Crippen LogP contribution in [0.5, 0.6) is 0 Å². The van der Waals surface area contributed by atoms with Crippen molar-refractivity contribution in [1.29, 1.82) is 0 Å². The van der Waals surface area contributed by atoms with E-state index in [0.717, 1.165) is 49.7 Å². The third-order valence-corrected chi connectivity index (χ3v) is 8.12. The summed E-state index contributed by atoms with van der Waals surface area (Å²) in [5.41, 5.74) is -0.612. The van der Waals surface area contributed by atoms with Gasteiger partial charge in [-0.2, -0.15) is 17.6 Å². The van der Waals surface area contributed by atoms with Gasteiger partial charge in [-0.05, 0) is 85.5 Å². The SMILES string of the molecule is CCCCC1CCC(C2CCC(c3cc(F)c4c(c3)C=CC(F)(F)C4(F)F)CC2)CC1. The van der Waals surface area contributed by atoms with Gasteiger partial charge in [0.2, 0.25) is 0 Å². The van der Waals surface area contributed by atoms with Crippen LogP contribution in [0.4, 0.5) is 22.0 Å². The highest BCUT2D eigenvalue weighted by Crippen LogP contribution is 2.51. The second kappa shape index (κ2) is 8.86. The number of halogens is 5. The standard InChI is InChI=1S/C26H33F5/c1-2-3-4-17-5-7-18(8-6-17)19-9-11-20(12-10-19)22-15-21-13-14-25(28,29)26(30,31)24(21)23(27)16-22/h13-20H,2-12H2,1H3. The van der Waals surface area contributed by atoms with E-state index < -0.39 is 23.2 Å². The number of unbranched alkanes of at least 4 members (excludes halogenated alkanes) is 1. The van der Waals surface area contributed by atoms with E-state index in [9.17, 15) is 22.0 Å². The van der Waals surface area contributed by atoms with Gasteiger partial charge in [-0.1, -0.05) is 51.2 Å². The summed E-state index contributed by atoms with van der Waals surface area (Å²) >= 11 is 0. The van der Waals surface area contributed by atoms with Crippen molar-refractivity contribution in [2.24, 2.45) is 17.8 Å². The topological polar surface area (TPSA) is 0 Å². The Bertz CT molecular complexity index is 796. The molecule has 0 radical (unpaired) electrons. The molecule has 0 saturated heterocycles. The third-order valence-electron chi connectivity index (χ3n) is 8.12. The summed E-state index contributed by atoms with van der Waals surface area (Å²) < 4.78 is 70.0. The molecule has 172 valence electrons. The smallest absolute Gasteiger partial charge is 0.206 e. The van der Waals surface area contributed by atoms with Crippen LogP contribution in [0.2, 0.25) is 0 Å². The molecule has 2 saturated carbocycles. The number of benzene rings is 1. The molecular weight excluding hydrogens is 407 g/mol. The lowest BCUT2D eigenvalue weighted by Crippen LogP contribution is -2.39. The molecule has 0 unspecified atom stereocenters. The molecule has 2 fully saturated rings. The van der Waals surface area contributed by atoms with Crippen LogP contribution in [-0.2, 0) is 5.92 Å². The van der Waals surface area contributed by atoms with Crippen molar-refractivity contribution in [3.05, 3.63) is 40.7 Å². The quantitative estimate of drug-likeness (QED) is 0.401. The Kier molecular flexibility index (Phi) is 6.52. The Morgan fingerprint density at radius 2 is 1.48 bits per heavy atom. The minimum absolute atomic E-state index is 0.112. The molecule has 0 amide bonds. The zero-order valence-corrected chi connectivity index (χ0v) is 18.3. The summed E-state index contributed by atoms with van der Waals surface area (Å²) in [6, 6.07) is 2.58. The minimum Gasteiger partial charge on any atom is -0.206 e. The maximum Gasteiger partial charge on any atom is 0.342 e. The Morgan fingerprint density at radius 1 is 0.871 bits per heavy atom. The number of alkyl halides is 4. The van der Waals surface area contributed by atoms with Gasteiger partial charge in [0.15, 0.2) is 0 Å². The van der Waals surface area contributed by atoms with Crippen LogP contribution in [0.3, 0.4) is 0 Å². The highest BCUT2D eigenvalue weighted by molar-refractivity contribution is 5.62. The van der Waals surface area contributed by atoms with Gasteiger partial charge in [0.1, 0.15) is 5.82 Å². The van der Waals surface area contributed by atoms with Crippen molar-refractivity contribution in [2.45, 2.75) is 95.3 Å². The molecule has 0 atom stereocenters. The average Bonchev–Trinajstić information content (AvgIpc) is 2.75. The van der Waals surface area contributed by atoms with E-state index >= 15 is 0 Å². The van der Waals surface area contributed by atoms with Gasteiger partial charge in [0.25, 0.3) is 0 Å². The van der Waals surface area contributed by atoms with Crippen molar-refractivity contribution in [3.63, 3.8) is 0 Å². The lowest BCUT2D eigenvalue weighted by molar-refractivity contribution is -0.189. The van der Waals surface area contributed by atoms with Crippen molar-refractivity contribution in [3.8, 4) is 0 Å². The zero-order valence-electron chi connectivity index (χ0n) is 18.3. The largest absolute Gasteiger partial charge is 0.342 e. The lowest BCUT2D eigenvalue weighted by Gasteiger charge is -2.38. The molecule has 0 bridgehead atoms. The first-order valence-corrected chi connectivity index (χ1v) is 12.0. The van der Waals surface area contributed by atoms with Gasteiger partial charge in [-0.25, -0.2) is 4.39 Å². The first-order valence-electron chi connectivity index (χ1n) is 12.0. The van der Waals surface area contributed by atoms with Crippen LogP contribution >= 0.6 is 0 Å². The summed E-state index contributed by atoms with van der Waals surface area (Å²) in [4.78, 5) is 0. The summed E-state index contributed by atoms with van der Waals surface area (Å²) in [7, 11) is 0. The molecule has 0 aromatic heterocycles. The zero-order chi connectivity index (χ0) is 22.2. The second-order valence-corrected chi connectivity index (χ2v) is 10.0. The molecule has 31 heavy (non-hydrogen) atoms. The Balaban J connectivity index is 1.39. The van der Waals surface area contributed by atoms with Gasteiger partial charge in [0, 0.05) is 0 Å². The van der Waals surface area contributed by atoms with Gasteiger partial charge >= 0.3 is 11.8 Å². The molecule has 3 aliphatic rings. The van der Waals surface area contributed by atoms with Crippen LogP contribution < -0.4 is 0 Å². The molecule has 0 heterocycles. The highest BCUT2D eigenvalue weighted by Gasteiger charge is 2.59. The average molecular weight is 441 g/mol. The first kappa shape index (κ1) is 22.8. The molecule has 0 N–H and O–H groups in total. The normalized spacial score (nSPS) is 31.9. The van der Waals surface area contributed by atoms with Crippen molar-refractivity contribution in [1.82, 2.24) is 0 Å². The summed E-state index contributed by atoms with van der Waals surface area (Å²) in [5.74, 6) is -7.61. The summed E-state index contributed by atoms with van der Waals surface area (Å²) in [6.07, 6.45) is 14.4. The fourth-order valence-electron chi connectivity index (χ4n) is 6.18. The monoisotopic (exact) mass is 440 g/mol. The highest BCUT2D eigenvalue weighted by atomic mass is 19.3. The molecule has 0 nitrogen and oxygen atoms in total. The Labute approximate surface area is 182 Å². The first-order chi connectivity index (χ1) is 14.7. The number of rotatable bonds is 5. The minimum atomic E-state index is -4.52. The lowest BCUT2D eigenvalue weighted by atomic mass is 9.67. The van der Waals surface area contributed by atoms with E-state index in [1.807, 2.05) is 0 Å². The fraction of sp³-hybridized carbons (Fsp3) is 0.692. The van der Waals surface area contributed by atoms with E-state index in [1.165, 1.54) is 51.0 Å². The van der Waals surface area contributed by atoms with E-state index in [-0.39, 0.29) is 17.6 Å². The number of hydrogen-bond donors (Lipinski definition) is 0. The molecule has 0 spiro atoms. The third kappa shape index (κ3) is 4.43. The van der Waals surface area contributed by atoms with Crippen molar-refractivity contribution in [2.75, 3.05) is 0 Å². The van der Waals surface area contributed by atoms with Gasteiger partial charge in [-0.3, -0.25) is 0 Å². The van der Waals surface area contributed by atoms with Gasteiger partial charge in [0.05, 0.1) is 5.56 Å². The molecule has 1 aromatic carbocycles. The van der Waals surface area contributed by atoms with E-state index in [1.54, 1.807) is 0 Å². The van der Waals surface area contributed by atoms with Crippen LogP contribution in [0, 0.1) is 23.6 Å². The number of fused-ring (bicyclic) bond motifs is 1. The Hall–Kier alpha value is -1.39. The van der Waals surface area contributed by atoms with E-state index in [4.69, 9.17) is 0 Å². The van der Waals surface area contributed by atoms with Crippen molar-refractivity contribution < 1.29 is 22.0 Å². The van der Waals surface area contributed by atoms with Crippen molar-refractivity contribution >= 4 is 6.08 Å². The number of allylic oxidation sites excluding steroid dienone is 1. The molecule has 3 aliphatic carbocycles. The molecule has 0 aliphatic heterocycles. The predicted molar refractivity (Wildman–Crippen MR) is 114 cm³/mol. The molecule has 5 heteroatoms. The number of hydrogen-bond acceptors (Lipinski definition) is 0. The summed E-state index contributed by atoms with van der Waals surface area (Å²) in [6.45, 7) is 2.25. The Morgan fingerprint density at radius 3 is 2.10 bits per heavy atom. The maximum atomic E-state index is 14.6. The van der Waals surface area contributed by atoms with Crippen LogP contribution in [0.1, 0.15) is 100 Å². The van der Waals surface area contributed by atoms with Crippen LogP contribution in [0.15, 0.2) is 18.2 Å². The second-order valence-electron chi connectivity index (χ2n) is 10.0. The van der Waals surface area contributed by atoms with Crippen LogP contribution in [-0.4, -0.2) is 5.92 Å². The van der Waals surface area contributed by atoms with E-state index in [2.05, 4.69) is 6.92 Å². The predicted octanol–water partition coefficient (Wildman–Crippen LogP) is 8.85. The molecule has 4 rings (SSSR count). The van der Waals surface area contributed by atoms with Crippen LogP contribution in [0.25, 0.3) is 6.08 Å². The molecule has 1 aromatic rings. The fourth-order valence-corrected chi connectivity index (χ4v) is 6.18. The summed E-state index contributed by atoms with van der Waals surface area (Å²) in [5, 5.41) is 0. The van der Waals surface area contributed by atoms with Gasteiger partial charge < -0.3 is 0 Å². The van der Waals surface area contributed by atoms with E-state index in [0.29, 0.717) is 11.5 Å².